The summed E-state index contributed by atoms with van der Waals surface area (Å²) in [5.74, 6) is 0. The fourth-order valence-electron chi connectivity index (χ4n) is 1.75. The number of sulfonamides is 1. The highest BCUT2D eigenvalue weighted by Crippen LogP contribution is 2.35. The average molecular weight is 464 g/mol. The van der Waals surface area contributed by atoms with Gasteiger partial charge < -0.3 is 0 Å². The normalized spacial score (nSPS) is 12.3. The van der Waals surface area contributed by atoms with Gasteiger partial charge in [-0.05, 0) is 46.6 Å². The standard InChI is InChI=1S/C13H8BrCl2F3N2O2S/c1-6-8(14)5-20-12(16)11(6)21-24(22,23)10-3-2-7(4-9(10)15)13(17,18)19/h2-5,21H,1H3. The SMILES string of the molecule is Cc1c(Br)cnc(Cl)c1NS(=O)(=O)c1ccc(C(F)(F)F)cc1Cl. The first-order chi connectivity index (χ1) is 10.9. The number of anilines is 1. The molecule has 1 heterocycles. The number of nitrogens with zero attached hydrogens (tertiary/aromatic N) is 1. The van der Waals surface area contributed by atoms with Crippen molar-refractivity contribution >= 4 is 54.8 Å². The Morgan fingerprint density at radius 1 is 1.25 bits per heavy atom. The van der Waals surface area contributed by atoms with Gasteiger partial charge in [0.25, 0.3) is 10.0 Å². The smallest absolute Gasteiger partial charge is 0.276 e. The zero-order valence-corrected chi connectivity index (χ0v) is 15.7. The van der Waals surface area contributed by atoms with E-state index in [9.17, 15) is 21.6 Å². The number of rotatable bonds is 3. The molecule has 1 N–H and O–H groups in total. The number of alkyl halides is 3. The largest absolute Gasteiger partial charge is 0.416 e. The van der Waals surface area contributed by atoms with Crippen molar-refractivity contribution in [3.63, 3.8) is 0 Å². The van der Waals surface area contributed by atoms with Crippen molar-refractivity contribution in [3.05, 3.63) is 50.2 Å². The van der Waals surface area contributed by atoms with E-state index in [-0.39, 0.29) is 10.8 Å². The predicted molar refractivity (Wildman–Crippen MR) is 88.9 cm³/mol. The van der Waals surface area contributed by atoms with Crippen molar-refractivity contribution in [1.82, 2.24) is 4.98 Å². The highest BCUT2D eigenvalue weighted by molar-refractivity contribution is 9.10. The van der Waals surface area contributed by atoms with E-state index in [1.54, 1.807) is 6.92 Å². The Morgan fingerprint density at radius 3 is 2.42 bits per heavy atom. The summed E-state index contributed by atoms with van der Waals surface area (Å²) in [5.41, 5.74) is -0.589. The lowest BCUT2D eigenvalue weighted by Crippen LogP contribution is -2.16. The Hall–Kier alpha value is -1.03. The van der Waals surface area contributed by atoms with Crippen LogP contribution in [-0.2, 0) is 16.2 Å². The lowest BCUT2D eigenvalue weighted by molar-refractivity contribution is -0.137. The molecule has 0 fully saturated rings. The first-order valence-electron chi connectivity index (χ1n) is 6.13. The molecule has 0 aliphatic heterocycles. The van der Waals surface area contributed by atoms with Crippen molar-refractivity contribution in [2.75, 3.05) is 4.72 Å². The molecule has 0 saturated carbocycles. The van der Waals surface area contributed by atoms with E-state index in [4.69, 9.17) is 23.2 Å². The number of pyridine rings is 1. The molecule has 0 radical (unpaired) electrons. The summed E-state index contributed by atoms with van der Waals surface area (Å²) in [5, 5.41) is -0.670. The zero-order valence-electron chi connectivity index (χ0n) is 11.7. The van der Waals surface area contributed by atoms with Crippen molar-refractivity contribution in [3.8, 4) is 0 Å². The van der Waals surface area contributed by atoms with E-state index in [0.29, 0.717) is 22.2 Å². The van der Waals surface area contributed by atoms with Gasteiger partial charge in [0, 0.05) is 10.7 Å². The number of hydrogen-bond acceptors (Lipinski definition) is 3. The molecule has 1 aromatic heterocycles. The second-order valence-corrected chi connectivity index (χ2v) is 7.92. The van der Waals surface area contributed by atoms with E-state index in [2.05, 4.69) is 25.6 Å². The molecule has 2 rings (SSSR count). The van der Waals surface area contributed by atoms with E-state index < -0.39 is 31.7 Å². The maximum Gasteiger partial charge on any atom is 0.416 e. The zero-order chi connectivity index (χ0) is 18.3. The maximum absolute atomic E-state index is 12.6. The Bertz CT molecular complexity index is 905. The molecule has 1 aromatic carbocycles. The minimum atomic E-state index is -4.63. The van der Waals surface area contributed by atoms with Gasteiger partial charge in [0.05, 0.1) is 16.3 Å². The Labute approximate surface area is 154 Å². The highest BCUT2D eigenvalue weighted by Gasteiger charge is 2.32. The fourth-order valence-corrected chi connectivity index (χ4v) is 4.02. The van der Waals surface area contributed by atoms with Crippen LogP contribution in [0.4, 0.5) is 18.9 Å². The Morgan fingerprint density at radius 2 is 1.88 bits per heavy atom. The second-order valence-electron chi connectivity index (χ2n) is 4.65. The van der Waals surface area contributed by atoms with Gasteiger partial charge in [0.15, 0.2) is 5.15 Å². The van der Waals surface area contributed by atoms with Crippen LogP contribution in [0.1, 0.15) is 11.1 Å². The number of hydrogen-bond donors (Lipinski definition) is 1. The second kappa shape index (κ2) is 6.70. The van der Waals surface area contributed by atoms with Crippen molar-refractivity contribution < 1.29 is 21.6 Å². The summed E-state index contributed by atoms with van der Waals surface area (Å²) in [7, 11) is -4.26. The van der Waals surface area contributed by atoms with Crippen LogP contribution in [0.3, 0.4) is 0 Å². The molecule has 0 saturated heterocycles. The van der Waals surface area contributed by atoms with Crippen molar-refractivity contribution in [2.24, 2.45) is 0 Å². The summed E-state index contributed by atoms with van der Waals surface area (Å²) in [4.78, 5) is 3.29. The van der Waals surface area contributed by atoms with E-state index >= 15 is 0 Å². The number of nitrogens with one attached hydrogen (secondary N) is 1. The lowest BCUT2D eigenvalue weighted by Gasteiger charge is -2.14. The molecule has 0 bridgehead atoms. The van der Waals surface area contributed by atoms with Crippen molar-refractivity contribution in [2.45, 2.75) is 18.0 Å². The summed E-state index contributed by atoms with van der Waals surface area (Å²) < 4.78 is 65.5. The molecule has 4 nitrogen and oxygen atoms in total. The van der Waals surface area contributed by atoms with E-state index in [1.807, 2.05) is 0 Å². The fraction of sp³-hybridized carbons (Fsp3) is 0.154. The summed E-state index contributed by atoms with van der Waals surface area (Å²) in [6.45, 7) is 1.59. The third-order valence-corrected chi connectivity index (χ3v) is 5.93. The van der Waals surface area contributed by atoms with Crippen LogP contribution < -0.4 is 4.72 Å². The molecule has 0 aliphatic carbocycles. The van der Waals surface area contributed by atoms with Crippen LogP contribution in [0.15, 0.2) is 33.8 Å². The number of aromatic nitrogens is 1. The monoisotopic (exact) mass is 462 g/mol. The molecule has 0 spiro atoms. The summed E-state index contributed by atoms with van der Waals surface area (Å²) in [6.07, 6.45) is -3.24. The van der Waals surface area contributed by atoms with Gasteiger partial charge in [0.2, 0.25) is 0 Å². The molecule has 0 unspecified atom stereocenters. The van der Waals surface area contributed by atoms with Gasteiger partial charge in [-0.25, -0.2) is 13.4 Å². The van der Waals surface area contributed by atoms with Gasteiger partial charge in [0.1, 0.15) is 4.90 Å². The minimum Gasteiger partial charge on any atom is -0.276 e. The lowest BCUT2D eigenvalue weighted by atomic mass is 10.2. The molecular weight excluding hydrogens is 456 g/mol. The van der Waals surface area contributed by atoms with Crippen LogP contribution in [0.5, 0.6) is 0 Å². The van der Waals surface area contributed by atoms with E-state index in [0.717, 1.165) is 6.07 Å². The number of halogens is 6. The van der Waals surface area contributed by atoms with Crippen molar-refractivity contribution in [1.29, 1.82) is 0 Å². The summed E-state index contributed by atoms with van der Waals surface area (Å²) in [6, 6.07) is 1.96. The number of benzene rings is 1. The minimum absolute atomic E-state index is 0.00186. The molecule has 130 valence electrons. The first kappa shape index (κ1) is 19.3. The third kappa shape index (κ3) is 3.96. The van der Waals surface area contributed by atoms with Crippen LogP contribution in [-0.4, -0.2) is 13.4 Å². The van der Waals surface area contributed by atoms with Gasteiger partial charge in [-0.3, -0.25) is 4.72 Å². The van der Waals surface area contributed by atoms with Gasteiger partial charge in [-0.2, -0.15) is 13.2 Å². The van der Waals surface area contributed by atoms with Gasteiger partial charge >= 0.3 is 6.18 Å². The molecule has 24 heavy (non-hydrogen) atoms. The first-order valence-corrected chi connectivity index (χ1v) is 9.17. The third-order valence-electron chi connectivity index (χ3n) is 3.02. The molecule has 11 heteroatoms. The maximum atomic E-state index is 12.6. The molecule has 2 aromatic rings. The Kier molecular flexibility index (Phi) is 5.39. The summed E-state index contributed by atoms with van der Waals surface area (Å²) >= 11 is 14.8. The van der Waals surface area contributed by atoms with Gasteiger partial charge in [-0.1, -0.05) is 23.2 Å². The molecular formula is C13H8BrCl2F3N2O2S. The molecule has 0 amide bonds. The topological polar surface area (TPSA) is 59.1 Å². The van der Waals surface area contributed by atoms with E-state index in [1.165, 1.54) is 6.20 Å². The predicted octanol–water partition coefficient (Wildman–Crippen LogP) is 5.28. The quantitative estimate of drug-likeness (QED) is 0.630. The molecule has 0 atom stereocenters. The average Bonchev–Trinajstić information content (AvgIpc) is 2.46. The van der Waals surface area contributed by atoms with Gasteiger partial charge in [-0.15, -0.1) is 0 Å². The Balaban J connectivity index is 2.48. The van der Waals surface area contributed by atoms with Crippen LogP contribution in [0.2, 0.25) is 10.2 Å². The van der Waals surface area contributed by atoms with Crippen LogP contribution in [0.25, 0.3) is 0 Å². The highest BCUT2D eigenvalue weighted by atomic mass is 79.9. The molecule has 0 aliphatic rings. The van der Waals surface area contributed by atoms with Crippen LogP contribution >= 0.6 is 39.1 Å². The van der Waals surface area contributed by atoms with Crippen LogP contribution in [0, 0.1) is 6.92 Å².